The van der Waals surface area contributed by atoms with Gasteiger partial charge in [-0.05, 0) is 60.6 Å². The minimum atomic E-state index is -3.51. The number of nitrogens with one attached hydrogen (secondary N) is 3. The van der Waals surface area contributed by atoms with E-state index in [2.05, 4.69) is 57.6 Å². The van der Waals surface area contributed by atoms with E-state index in [1.807, 2.05) is 12.1 Å². The van der Waals surface area contributed by atoms with Crippen molar-refractivity contribution in [2.24, 2.45) is 5.92 Å². The van der Waals surface area contributed by atoms with Crippen molar-refractivity contribution in [2.75, 3.05) is 5.32 Å². The molecule has 0 amide bonds. The molecule has 0 spiro atoms. The molecule has 1 saturated carbocycles. The van der Waals surface area contributed by atoms with E-state index in [-0.39, 0.29) is 18.0 Å². The third kappa shape index (κ3) is 3.37. The molecule has 1 aliphatic heterocycles. The van der Waals surface area contributed by atoms with Crippen LogP contribution < -0.4 is 10.0 Å². The summed E-state index contributed by atoms with van der Waals surface area (Å²) in [6, 6.07) is 14.3. The lowest BCUT2D eigenvalue weighted by Gasteiger charge is -2.37. The molecule has 3 aliphatic rings. The fourth-order valence-corrected chi connectivity index (χ4v) is 7.25. The van der Waals surface area contributed by atoms with Gasteiger partial charge in [0, 0.05) is 34.7 Å². The van der Waals surface area contributed by atoms with Gasteiger partial charge in [0.15, 0.2) is 0 Å². The second kappa shape index (κ2) is 7.78. The summed E-state index contributed by atoms with van der Waals surface area (Å²) in [6.45, 7) is 0. The average Bonchev–Trinajstić information content (AvgIpc) is 3.46. The van der Waals surface area contributed by atoms with Crippen molar-refractivity contribution in [1.29, 1.82) is 0 Å². The van der Waals surface area contributed by atoms with Gasteiger partial charge in [0.2, 0.25) is 10.0 Å². The van der Waals surface area contributed by atoms with Crippen LogP contribution in [0.2, 0.25) is 0 Å². The van der Waals surface area contributed by atoms with E-state index >= 15 is 0 Å². The maximum Gasteiger partial charge on any atom is 0.240 e. The van der Waals surface area contributed by atoms with Gasteiger partial charge in [0.1, 0.15) is 0 Å². The Hall–Kier alpha value is -2.57. The van der Waals surface area contributed by atoms with E-state index < -0.39 is 10.0 Å². The number of anilines is 1. The van der Waals surface area contributed by atoms with Crippen LogP contribution in [-0.2, 0) is 10.0 Å². The maximum absolute atomic E-state index is 13.1. The summed E-state index contributed by atoms with van der Waals surface area (Å²) < 4.78 is 29.2. The van der Waals surface area contributed by atoms with Crippen molar-refractivity contribution in [3.8, 4) is 0 Å². The molecule has 2 heterocycles. The van der Waals surface area contributed by atoms with Gasteiger partial charge < -0.3 is 10.3 Å². The highest BCUT2D eigenvalue weighted by molar-refractivity contribution is 7.89. The first-order valence-corrected chi connectivity index (χ1v) is 13.2. The number of allylic oxidation sites excluding steroid dienone is 2. The minimum Gasteiger partial charge on any atom is -0.378 e. The number of aromatic amines is 1. The van der Waals surface area contributed by atoms with Gasteiger partial charge in [-0.1, -0.05) is 49.6 Å². The number of H-pyrrole nitrogens is 1. The Bertz CT molecular complexity index is 1290. The molecular weight excluding hydrogens is 418 g/mol. The predicted molar refractivity (Wildman–Crippen MR) is 128 cm³/mol. The largest absolute Gasteiger partial charge is 0.378 e. The molecule has 6 heteroatoms. The van der Waals surface area contributed by atoms with E-state index in [0.717, 1.165) is 48.9 Å². The van der Waals surface area contributed by atoms with Gasteiger partial charge in [-0.15, -0.1) is 0 Å². The lowest BCUT2D eigenvalue weighted by molar-refractivity contribution is 0.412. The topological polar surface area (TPSA) is 74.0 Å². The molecule has 5 nitrogen and oxygen atoms in total. The Labute approximate surface area is 189 Å². The van der Waals surface area contributed by atoms with Crippen LogP contribution in [0.25, 0.3) is 10.9 Å². The van der Waals surface area contributed by atoms with Crippen molar-refractivity contribution in [3.63, 3.8) is 0 Å². The Balaban J connectivity index is 1.34. The molecule has 1 aromatic heterocycles. The molecule has 3 aromatic rings. The van der Waals surface area contributed by atoms with Crippen LogP contribution in [0.15, 0.2) is 65.7 Å². The minimum absolute atomic E-state index is 0.0632. The first-order chi connectivity index (χ1) is 15.6. The standard InChI is InChI=1S/C26H29N3O2S/c30-32(31,29-17-7-2-1-3-8-17)18-13-14-25-22(15-18)19-10-6-11-21(19)26(28-25)23-16-27-24-12-5-4-9-20(23)24/h4-6,9-10,12-17,19,21,26-29H,1-3,7-8,11H2. The van der Waals surface area contributed by atoms with Crippen LogP contribution in [-0.4, -0.2) is 19.4 Å². The second-order valence-electron chi connectivity index (χ2n) is 9.47. The number of rotatable bonds is 4. The lowest BCUT2D eigenvalue weighted by Crippen LogP contribution is -2.36. The number of hydrogen-bond donors (Lipinski definition) is 3. The first-order valence-electron chi connectivity index (χ1n) is 11.8. The van der Waals surface area contributed by atoms with Crippen LogP contribution in [0, 0.1) is 5.92 Å². The number of sulfonamides is 1. The van der Waals surface area contributed by atoms with E-state index in [0.29, 0.717) is 10.8 Å². The summed E-state index contributed by atoms with van der Waals surface area (Å²) in [5.41, 5.74) is 4.55. The van der Waals surface area contributed by atoms with Gasteiger partial charge in [0.05, 0.1) is 10.9 Å². The highest BCUT2D eigenvalue weighted by Gasteiger charge is 2.39. The number of fused-ring (bicyclic) bond motifs is 4. The molecule has 3 unspecified atom stereocenters. The average molecular weight is 448 g/mol. The Morgan fingerprint density at radius 2 is 1.81 bits per heavy atom. The zero-order valence-electron chi connectivity index (χ0n) is 18.1. The zero-order valence-corrected chi connectivity index (χ0v) is 18.9. The number of hydrogen-bond acceptors (Lipinski definition) is 3. The molecule has 32 heavy (non-hydrogen) atoms. The van der Waals surface area contributed by atoms with Gasteiger partial charge in [-0.3, -0.25) is 0 Å². The van der Waals surface area contributed by atoms with Crippen molar-refractivity contribution in [3.05, 3.63) is 71.9 Å². The lowest BCUT2D eigenvalue weighted by atomic mass is 9.77. The first kappa shape index (κ1) is 20.1. The molecule has 1 fully saturated rings. The van der Waals surface area contributed by atoms with Crippen molar-refractivity contribution < 1.29 is 8.42 Å². The SMILES string of the molecule is O=S(=O)(NC1CCCCC1)c1ccc2c(c1)C1C=CCC1C(c1c[nH]c3ccccc13)N2. The molecule has 2 aromatic carbocycles. The fraction of sp³-hybridized carbons (Fsp3) is 0.385. The van der Waals surface area contributed by atoms with Crippen LogP contribution in [0.4, 0.5) is 5.69 Å². The number of aromatic nitrogens is 1. The highest BCUT2D eigenvalue weighted by Crippen LogP contribution is 2.51. The van der Waals surface area contributed by atoms with E-state index in [9.17, 15) is 8.42 Å². The Kier molecular flexibility index (Phi) is 4.88. The fourth-order valence-electron chi connectivity index (χ4n) is 5.91. The summed E-state index contributed by atoms with van der Waals surface area (Å²) in [4.78, 5) is 3.79. The van der Waals surface area contributed by atoms with Crippen LogP contribution in [0.5, 0.6) is 0 Å². The molecule has 0 radical (unpaired) electrons. The third-order valence-corrected chi connectivity index (χ3v) is 9.05. The van der Waals surface area contributed by atoms with Gasteiger partial charge in [-0.25, -0.2) is 13.1 Å². The van der Waals surface area contributed by atoms with Crippen molar-refractivity contribution >= 4 is 26.6 Å². The van der Waals surface area contributed by atoms with Gasteiger partial charge in [-0.2, -0.15) is 0 Å². The number of benzene rings is 2. The maximum atomic E-state index is 13.1. The molecule has 6 rings (SSSR count). The van der Waals surface area contributed by atoms with Crippen LogP contribution in [0.3, 0.4) is 0 Å². The summed E-state index contributed by atoms with van der Waals surface area (Å²) in [6.07, 6.45) is 12.9. The number of para-hydroxylation sites is 1. The smallest absolute Gasteiger partial charge is 0.240 e. The van der Waals surface area contributed by atoms with Crippen LogP contribution >= 0.6 is 0 Å². The molecule has 0 bridgehead atoms. The summed E-state index contributed by atoms with van der Waals surface area (Å²) in [5.74, 6) is 0.584. The normalized spacial score (nSPS) is 25.4. The quantitative estimate of drug-likeness (QED) is 0.456. The molecule has 2 aliphatic carbocycles. The predicted octanol–water partition coefficient (Wildman–Crippen LogP) is 5.61. The Morgan fingerprint density at radius 1 is 0.969 bits per heavy atom. The summed E-state index contributed by atoms with van der Waals surface area (Å²) in [5, 5.41) is 4.99. The summed E-state index contributed by atoms with van der Waals surface area (Å²) >= 11 is 0. The third-order valence-electron chi connectivity index (χ3n) is 7.53. The van der Waals surface area contributed by atoms with Crippen LogP contribution in [0.1, 0.15) is 61.6 Å². The molecule has 0 saturated heterocycles. The van der Waals surface area contributed by atoms with Crippen molar-refractivity contribution in [1.82, 2.24) is 9.71 Å². The van der Waals surface area contributed by atoms with E-state index in [1.165, 1.54) is 17.4 Å². The summed E-state index contributed by atoms with van der Waals surface area (Å²) in [7, 11) is -3.51. The van der Waals surface area contributed by atoms with E-state index in [1.54, 1.807) is 6.07 Å². The molecule has 3 atom stereocenters. The van der Waals surface area contributed by atoms with Gasteiger partial charge in [0.25, 0.3) is 0 Å². The van der Waals surface area contributed by atoms with Crippen molar-refractivity contribution in [2.45, 2.75) is 61.4 Å². The zero-order chi connectivity index (χ0) is 21.7. The Morgan fingerprint density at radius 3 is 2.69 bits per heavy atom. The second-order valence-corrected chi connectivity index (χ2v) is 11.2. The van der Waals surface area contributed by atoms with E-state index in [4.69, 9.17) is 0 Å². The molecule has 166 valence electrons. The monoisotopic (exact) mass is 447 g/mol. The highest BCUT2D eigenvalue weighted by atomic mass is 32.2. The van der Waals surface area contributed by atoms with Gasteiger partial charge >= 0.3 is 0 Å². The molecule has 3 N–H and O–H groups in total. The molecular formula is C26H29N3O2S.